The lowest BCUT2D eigenvalue weighted by Gasteiger charge is -2.30. The first-order chi connectivity index (χ1) is 8.61. The van der Waals surface area contributed by atoms with E-state index >= 15 is 0 Å². The molecule has 0 atom stereocenters. The summed E-state index contributed by atoms with van der Waals surface area (Å²) in [4.78, 5) is 25.6. The van der Waals surface area contributed by atoms with E-state index in [0.717, 1.165) is 42.8 Å². The molecule has 2 heterocycles. The van der Waals surface area contributed by atoms with E-state index < -0.39 is 11.7 Å². The number of Topliss-reactive ketones (excluding diaryl/α,β-unsaturated/α-hetero) is 1. The molecule has 1 N–H and O–H groups in total. The highest BCUT2D eigenvalue weighted by Gasteiger charge is 2.33. The number of hydrogen-bond donors (Lipinski definition) is 1. The van der Waals surface area contributed by atoms with Crippen molar-refractivity contribution >= 4 is 30.7 Å². The number of ketones is 1. The number of anilines is 1. The summed E-state index contributed by atoms with van der Waals surface area (Å²) in [6.07, 6.45) is 0.992. The third kappa shape index (κ3) is 1.50. The Morgan fingerprint density at radius 2 is 2.17 bits per heavy atom. The number of carbonyl (C=O) groups excluding carboxylic acids is 2. The van der Waals surface area contributed by atoms with Gasteiger partial charge >= 0.3 is 0 Å². The topological polar surface area (TPSA) is 49.4 Å². The van der Waals surface area contributed by atoms with Crippen molar-refractivity contribution < 1.29 is 9.59 Å². The van der Waals surface area contributed by atoms with Crippen LogP contribution in [0, 0.1) is 0 Å². The van der Waals surface area contributed by atoms with Gasteiger partial charge in [0.05, 0.1) is 11.3 Å². The number of hydrogen-bond acceptors (Lipinski definition) is 3. The summed E-state index contributed by atoms with van der Waals surface area (Å²) >= 11 is 0. The fraction of sp³-hybridized carbons (Fsp3) is 0.385. The normalized spacial score (nSPS) is 18.5. The van der Waals surface area contributed by atoms with Gasteiger partial charge in [0.1, 0.15) is 7.85 Å². The van der Waals surface area contributed by atoms with Crippen LogP contribution in [0.25, 0.3) is 0 Å². The molecule has 4 nitrogen and oxygen atoms in total. The maximum absolute atomic E-state index is 11.8. The number of rotatable bonds is 1. The number of nitrogens with one attached hydrogen (secondary N) is 1. The second-order valence-electron chi connectivity index (χ2n) is 4.98. The summed E-state index contributed by atoms with van der Waals surface area (Å²) in [7, 11) is 2.02. The Kier molecular flexibility index (Phi) is 2.52. The average Bonchev–Trinajstić information content (AvgIpc) is 2.66. The van der Waals surface area contributed by atoms with Crippen LogP contribution in [0.2, 0.25) is 0 Å². The number of amides is 1. The van der Waals surface area contributed by atoms with Gasteiger partial charge < -0.3 is 5.32 Å². The molecule has 1 aromatic carbocycles. The highest BCUT2D eigenvalue weighted by Crippen LogP contribution is 2.32. The number of carbonyl (C=O) groups is 2. The minimum atomic E-state index is -0.494. The lowest BCUT2D eigenvalue weighted by molar-refractivity contribution is -0.112. The van der Waals surface area contributed by atoms with Crippen molar-refractivity contribution in [2.45, 2.75) is 19.9 Å². The smallest absolute Gasteiger partial charge is 0.296 e. The SMILES string of the molecule is Bc1cc2c(c3c1CCN(CC)C3)NC(=O)C2=O. The van der Waals surface area contributed by atoms with Gasteiger partial charge in [-0.3, -0.25) is 14.5 Å². The fourth-order valence-corrected chi connectivity index (χ4v) is 2.91. The van der Waals surface area contributed by atoms with E-state index in [1.165, 1.54) is 5.56 Å². The largest absolute Gasteiger partial charge is 0.318 e. The number of nitrogens with zero attached hydrogens (tertiary/aromatic N) is 1. The third-order valence-corrected chi connectivity index (χ3v) is 3.97. The molecule has 0 fully saturated rings. The van der Waals surface area contributed by atoms with Crippen molar-refractivity contribution in [3.05, 3.63) is 22.8 Å². The maximum Gasteiger partial charge on any atom is 0.296 e. The zero-order valence-corrected chi connectivity index (χ0v) is 10.7. The van der Waals surface area contributed by atoms with Gasteiger partial charge in [-0.2, -0.15) is 0 Å². The maximum atomic E-state index is 11.8. The zero-order valence-electron chi connectivity index (χ0n) is 10.7. The summed E-state index contributed by atoms with van der Waals surface area (Å²) in [6, 6.07) is 1.86. The van der Waals surface area contributed by atoms with Gasteiger partial charge in [0.15, 0.2) is 0 Å². The van der Waals surface area contributed by atoms with E-state index in [1.807, 2.05) is 13.9 Å². The minimum absolute atomic E-state index is 0.399. The molecule has 0 bridgehead atoms. The first-order valence-corrected chi connectivity index (χ1v) is 6.35. The molecule has 5 heteroatoms. The third-order valence-electron chi connectivity index (χ3n) is 3.97. The fourth-order valence-electron chi connectivity index (χ4n) is 2.91. The van der Waals surface area contributed by atoms with Crippen molar-refractivity contribution in [3.63, 3.8) is 0 Å². The van der Waals surface area contributed by atoms with Crippen molar-refractivity contribution in [2.24, 2.45) is 0 Å². The second kappa shape index (κ2) is 3.95. The number of benzene rings is 1. The van der Waals surface area contributed by atoms with E-state index in [1.54, 1.807) is 0 Å². The lowest BCUT2D eigenvalue weighted by atomic mass is 9.81. The Balaban J connectivity index is 2.17. The van der Waals surface area contributed by atoms with Gasteiger partial charge in [-0.1, -0.05) is 18.5 Å². The predicted octanol–water partition coefficient (Wildman–Crippen LogP) is -0.542. The van der Waals surface area contributed by atoms with Crippen LogP contribution in [0.15, 0.2) is 6.07 Å². The molecule has 2 aliphatic heterocycles. The molecule has 0 saturated carbocycles. The Morgan fingerprint density at radius 1 is 1.39 bits per heavy atom. The highest BCUT2D eigenvalue weighted by molar-refractivity contribution is 6.52. The van der Waals surface area contributed by atoms with Gasteiger partial charge in [0.2, 0.25) is 0 Å². The van der Waals surface area contributed by atoms with Gasteiger partial charge in [-0.15, -0.1) is 0 Å². The Hall–Kier alpha value is -1.62. The first kappa shape index (κ1) is 11.5. The van der Waals surface area contributed by atoms with Crippen LogP contribution in [0.3, 0.4) is 0 Å². The standard InChI is InChI=1S/C13H15BN2O2/c1-2-16-4-3-7-9(6-16)11-8(5-10(7)14)12(17)13(18)15-11/h5H,2-4,6,14H2,1H3,(H,15,17,18). The van der Waals surface area contributed by atoms with Crippen LogP contribution in [0.4, 0.5) is 5.69 Å². The second-order valence-corrected chi connectivity index (χ2v) is 4.98. The summed E-state index contributed by atoms with van der Waals surface area (Å²) in [6.45, 7) is 4.99. The van der Waals surface area contributed by atoms with Gasteiger partial charge in [0, 0.05) is 13.1 Å². The van der Waals surface area contributed by atoms with Crippen LogP contribution in [0.1, 0.15) is 28.4 Å². The molecule has 1 aromatic rings. The number of likely N-dealkylation sites (N-methyl/N-ethyl adjacent to an activating group) is 1. The van der Waals surface area contributed by atoms with Gasteiger partial charge in [-0.05, 0) is 24.1 Å². The molecule has 0 spiro atoms. The van der Waals surface area contributed by atoms with E-state index in [0.29, 0.717) is 5.56 Å². The predicted molar refractivity (Wildman–Crippen MR) is 72.2 cm³/mol. The van der Waals surface area contributed by atoms with Crippen molar-refractivity contribution in [2.75, 3.05) is 18.4 Å². The van der Waals surface area contributed by atoms with Gasteiger partial charge in [0.25, 0.3) is 11.7 Å². The van der Waals surface area contributed by atoms with Crippen molar-refractivity contribution in [3.8, 4) is 0 Å². The molecule has 0 radical (unpaired) electrons. The van der Waals surface area contributed by atoms with Crippen LogP contribution < -0.4 is 10.8 Å². The number of fused-ring (bicyclic) bond motifs is 3. The van der Waals surface area contributed by atoms with Crippen LogP contribution in [-0.4, -0.2) is 37.5 Å². The summed E-state index contributed by atoms with van der Waals surface area (Å²) in [5.41, 5.74) is 4.87. The molecule has 0 unspecified atom stereocenters. The monoisotopic (exact) mass is 242 g/mol. The summed E-state index contributed by atoms with van der Waals surface area (Å²) < 4.78 is 0. The van der Waals surface area contributed by atoms with E-state index in [4.69, 9.17) is 0 Å². The molecule has 0 aliphatic carbocycles. The Morgan fingerprint density at radius 3 is 2.89 bits per heavy atom. The van der Waals surface area contributed by atoms with Crippen molar-refractivity contribution in [1.29, 1.82) is 0 Å². The quantitative estimate of drug-likeness (QED) is 0.531. The highest BCUT2D eigenvalue weighted by atomic mass is 16.2. The molecule has 0 saturated heterocycles. The summed E-state index contributed by atoms with van der Waals surface area (Å²) in [5.74, 6) is -0.893. The molecule has 1 amide bonds. The average molecular weight is 242 g/mol. The molecule has 0 aromatic heterocycles. The summed E-state index contributed by atoms with van der Waals surface area (Å²) in [5, 5.41) is 2.73. The van der Waals surface area contributed by atoms with E-state index in [2.05, 4.69) is 17.1 Å². The minimum Gasteiger partial charge on any atom is -0.318 e. The van der Waals surface area contributed by atoms with Crippen LogP contribution in [0.5, 0.6) is 0 Å². The van der Waals surface area contributed by atoms with E-state index in [9.17, 15) is 9.59 Å². The molecule has 18 heavy (non-hydrogen) atoms. The van der Waals surface area contributed by atoms with Crippen LogP contribution >= 0.6 is 0 Å². The molecule has 2 aliphatic rings. The molecule has 3 rings (SSSR count). The first-order valence-electron chi connectivity index (χ1n) is 6.35. The molecular formula is C13H15BN2O2. The zero-order chi connectivity index (χ0) is 12.9. The van der Waals surface area contributed by atoms with Crippen LogP contribution in [-0.2, 0) is 17.8 Å². The van der Waals surface area contributed by atoms with E-state index in [-0.39, 0.29) is 0 Å². The lowest BCUT2D eigenvalue weighted by Crippen LogP contribution is -2.34. The molecular weight excluding hydrogens is 227 g/mol. The van der Waals surface area contributed by atoms with Gasteiger partial charge in [-0.25, -0.2) is 0 Å². The Bertz CT molecular complexity index is 569. The Labute approximate surface area is 107 Å². The van der Waals surface area contributed by atoms with Crippen molar-refractivity contribution in [1.82, 2.24) is 4.90 Å². The molecule has 92 valence electrons.